The number of sulfonamides is 1. The van der Waals surface area contributed by atoms with Gasteiger partial charge in [0.2, 0.25) is 10.0 Å². The Bertz CT molecular complexity index is 819. The fourth-order valence-electron chi connectivity index (χ4n) is 1.68. The molecule has 0 aliphatic heterocycles. The van der Waals surface area contributed by atoms with Crippen LogP contribution in [0.3, 0.4) is 0 Å². The van der Waals surface area contributed by atoms with Crippen LogP contribution in [0.4, 0.5) is 0 Å². The number of aromatic nitrogens is 1. The summed E-state index contributed by atoms with van der Waals surface area (Å²) in [5.41, 5.74) is 1.24. The van der Waals surface area contributed by atoms with Crippen LogP contribution >= 0.6 is 11.3 Å². The van der Waals surface area contributed by atoms with Crippen molar-refractivity contribution in [3.8, 4) is 0 Å². The van der Waals surface area contributed by atoms with Gasteiger partial charge in [0, 0.05) is 12.2 Å². The van der Waals surface area contributed by atoms with E-state index < -0.39 is 10.0 Å². The van der Waals surface area contributed by atoms with Crippen LogP contribution in [0.25, 0.3) is 0 Å². The van der Waals surface area contributed by atoms with E-state index in [1.54, 1.807) is 19.1 Å². The van der Waals surface area contributed by atoms with Crippen LogP contribution in [0.1, 0.15) is 20.9 Å². The number of hydrogen-bond acceptors (Lipinski definition) is 5. The maximum Gasteiger partial charge on any atom is 0.305 e. The van der Waals surface area contributed by atoms with Gasteiger partial charge in [0.15, 0.2) is 0 Å². The lowest BCUT2D eigenvalue weighted by Crippen LogP contribution is -2.22. The second-order valence-corrected chi connectivity index (χ2v) is 6.88. The van der Waals surface area contributed by atoms with Crippen LogP contribution in [0.15, 0.2) is 34.0 Å². The normalized spacial score (nSPS) is 11.3. The highest BCUT2D eigenvalue weighted by atomic mass is 32.2. The van der Waals surface area contributed by atoms with Crippen LogP contribution in [0.5, 0.6) is 0 Å². The maximum atomic E-state index is 11.9. The molecule has 2 aromatic rings. The van der Waals surface area contributed by atoms with E-state index in [4.69, 9.17) is 5.14 Å². The summed E-state index contributed by atoms with van der Waals surface area (Å²) in [5, 5.41) is 7.65. The molecule has 0 spiro atoms. The molecule has 4 N–H and O–H groups in total. The first-order valence-corrected chi connectivity index (χ1v) is 8.23. The lowest BCUT2D eigenvalue weighted by molar-refractivity contribution is 0.0954. The Morgan fingerprint density at radius 3 is 2.43 bits per heavy atom. The Balaban J connectivity index is 2.05. The van der Waals surface area contributed by atoms with Gasteiger partial charge >= 0.3 is 4.87 Å². The molecular weight excluding hydrogens is 314 g/mol. The predicted molar refractivity (Wildman–Crippen MR) is 78.7 cm³/mol. The number of carbonyl (C=O) groups is 1. The second kappa shape index (κ2) is 5.80. The zero-order valence-corrected chi connectivity index (χ0v) is 12.7. The number of aryl methyl sites for hydroxylation is 1. The van der Waals surface area contributed by atoms with Crippen LogP contribution < -0.4 is 15.3 Å². The van der Waals surface area contributed by atoms with Gasteiger partial charge < -0.3 is 10.3 Å². The Morgan fingerprint density at radius 1 is 1.33 bits per heavy atom. The first-order valence-electron chi connectivity index (χ1n) is 5.87. The number of benzene rings is 1. The molecule has 0 aliphatic carbocycles. The smallest absolute Gasteiger partial charge is 0.305 e. The largest absolute Gasteiger partial charge is 0.347 e. The van der Waals surface area contributed by atoms with Crippen molar-refractivity contribution in [3.63, 3.8) is 0 Å². The zero-order valence-electron chi connectivity index (χ0n) is 11.0. The summed E-state index contributed by atoms with van der Waals surface area (Å²) in [6, 6.07) is 5.87. The molecule has 7 nitrogen and oxygen atoms in total. The Labute approximate surface area is 124 Å². The van der Waals surface area contributed by atoms with Gasteiger partial charge in [-0.1, -0.05) is 23.5 Å². The van der Waals surface area contributed by atoms with E-state index in [9.17, 15) is 18.0 Å². The number of nitrogens with two attached hydrogens (primary N) is 1. The van der Waals surface area contributed by atoms with Gasteiger partial charge in [-0.2, -0.15) is 0 Å². The number of thiazole rings is 1. The van der Waals surface area contributed by atoms with Gasteiger partial charge in [0.25, 0.3) is 5.91 Å². The average Bonchev–Trinajstić information content (AvgIpc) is 2.74. The summed E-state index contributed by atoms with van der Waals surface area (Å²) in [5.74, 6) is -0.355. The summed E-state index contributed by atoms with van der Waals surface area (Å²) < 4.78 is 22.2. The third-order valence-electron chi connectivity index (χ3n) is 2.74. The molecule has 9 heteroatoms. The van der Waals surface area contributed by atoms with Crippen LogP contribution in [-0.4, -0.2) is 19.3 Å². The molecule has 0 bridgehead atoms. The third kappa shape index (κ3) is 3.78. The SMILES string of the molecule is Cc1[nH]c(=O)sc1C(=O)NCc1ccc(S(N)(=O)=O)cc1. The quantitative estimate of drug-likeness (QED) is 0.748. The number of aromatic amines is 1. The van der Waals surface area contributed by atoms with Crippen molar-refractivity contribution in [3.05, 3.63) is 50.1 Å². The lowest BCUT2D eigenvalue weighted by Gasteiger charge is -2.05. The molecule has 0 saturated carbocycles. The molecule has 0 radical (unpaired) electrons. The summed E-state index contributed by atoms with van der Waals surface area (Å²) in [4.78, 5) is 25.6. The van der Waals surface area contributed by atoms with Gasteiger partial charge in [-0.3, -0.25) is 9.59 Å². The first kappa shape index (κ1) is 15.4. The van der Waals surface area contributed by atoms with Gasteiger partial charge in [0.1, 0.15) is 4.88 Å². The number of primary sulfonamides is 1. The van der Waals surface area contributed by atoms with E-state index in [0.717, 1.165) is 16.9 Å². The monoisotopic (exact) mass is 327 g/mol. The van der Waals surface area contributed by atoms with Crippen LogP contribution in [0.2, 0.25) is 0 Å². The fraction of sp³-hybridized carbons (Fsp3) is 0.167. The van der Waals surface area contributed by atoms with Crippen molar-refractivity contribution >= 4 is 27.3 Å². The minimum Gasteiger partial charge on any atom is -0.347 e. The summed E-state index contributed by atoms with van der Waals surface area (Å²) in [6.07, 6.45) is 0. The summed E-state index contributed by atoms with van der Waals surface area (Å²) in [6.45, 7) is 1.86. The molecule has 0 saturated heterocycles. The number of H-pyrrole nitrogens is 1. The van der Waals surface area contributed by atoms with E-state index in [2.05, 4.69) is 10.3 Å². The van der Waals surface area contributed by atoms with Crippen molar-refractivity contribution in [2.24, 2.45) is 5.14 Å². The zero-order chi connectivity index (χ0) is 15.6. The van der Waals surface area contributed by atoms with Crippen LogP contribution in [-0.2, 0) is 16.6 Å². The van der Waals surface area contributed by atoms with Crippen molar-refractivity contribution in [2.45, 2.75) is 18.4 Å². The van der Waals surface area contributed by atoms with Gasteiger partial charge in [-0.25, -0.2) is 13.6 Å². The molecule has 1 heterocycles. The van der Waals surface area contributed by atoms with Crippen molar-refractivity contribution in [1.29, 1.82) is 0 Å². The lowest BCUT2D eigenvalue weighted by atomic mass is 10.2. The van der Waals surface area contributed by atoms with Crippen molar-refractivity contribution < 1.29 is 13.2 Å². The van der Waals surface area contributed by atoms with Gasteiger partial charge in [-0.15, -0.1) is 0 Å². The van der Waals surface area contributed by atoms with Crippen molar-refractivity contribution in [1.82, 2.24) is 10.3 Å². The molecule has 0 atom stereocenters. The Morgan fingerprint density at radius 2 is 1.95 bits per heavy atom. The number of carbonyl (C=O) groups excluding carboxylic acids is 1. The van der Waals surface area contributed by atoms with E-state index in [0.29, 0.717) is 10.6 Å². The first-order chi connectivity index (χ1) is 9.77. The van der Waals surface area contributed by atoms with Crippen molar-refractivity contribution in [2.75, 3.05) is 0 Å². The highest BCUT2D eigenvalue weighted by Gasteiger charge is 2.13. The predicted octanol–water partition coefficient (Wildman–Crippen LogP) is 0.322. The minimum atomic E-state index is -3.72. The molecule has 0 fully saturated rings. The highest BCUT2D eigenvalue weighted by molar-refractivity contribution is 7.89. The van der Waals surface area contributed by atoms with E-state index in [1.165, 1.54) is 12.1 Å². The molecule has 1 aromatic carbocycles. The van der Waals surface area contributed by atoms with Crippen LogP contribution in [0, 0.1) is 6.92 Å². The third-order valence-corrected chi connectivity index (χ3v) is 4.65. The Kier molecular flexibility index (Phi) is 4.26. The number of amides is 1. The van der Waals surface area contributed by atoms with E-state index in [1.807, 2.05) is 0 Å². The second-order valence-electron chi connectivity index (χ2n) is 4.34. The van der Waals surface area contributed by atoms with E-state index in [-0.39, 0.29) is 22.2 Å². The summed E-state index contributed by atoms with van der Waals surface area (Å²) in [7, 11) is -3.72. The Hall–Kier alpha value is -1.97. The topological polar surface area (TPSA) is 122 Å². The molecule has 1 aromatic heterocycles. The maximum absolute atomic E-state index is 11.9. The molecule has 21 heavy (non-hydrogen) atoms. The summed E-state index contributed by atoms with van der Waals surface area (Å²) >= 11 is 0.844. The average molecular weight is 327 g/mol. The van der Waals surface area contributed by atoms with Gasteiger partial charge in [-0.05, 0) is 24.6 Å². The number of hydrogen-bond donors (Lipinski definition) is 3. The number of nitrogens with one attached hydrogen (secondary N) is 2. The molecule has 0 aliphatic rings. The molecular formula is C12H13N3O4S2. The van der Waals surface area contributed by atoms with Gasteiger partial charge in [0.05, 0.1) is 4.90 Å². The molecule has 2 rings (SSSR count). The molecule has 1 amide bonds. The molecule has 0 unspecified atom stereocenters. The molecule has 112 valence electrons. The fourth-order valence-corrected chi connectivity index (χ4v) is 2.95. The standard InChI is InChI=1S/C12H13N3O4S2/c1-7-10(20-12(17)15-7)11(16)14-6-8-2-4-9(5-3-8)21(13,18)19/h2-5H,6H2,1H3,(H,14,16)(H,15,17)(H2,13,18,19). The minimum absolute atomic E-state index is 0.0114. The highest BCUT2D eigenvalue weighted by Crippen LogP contribution is 2.10. The number of rotatable bonds is 4. The van der Waals surface area contributed by atoms with E-state index >= 15 is 0 Å².